The van der Waals surface area contributed by atoms with E-state index >= 15 is 0 Å². The molecule has 0 radical (unpaired) electrons. The number of anilines is 3. The molecule has 222 valence electrons. The maximum Gasteiger partial charge on any atom is 0.163 e. The van der Waals surface area contributed by atoms with Crippen molar-refractivity contribution in [2.75, 3.05) is 4.90 Å². The van der Waals surface area contributed by atoms with Crippen LogP contribution in [0.2, 0.25) is 0 Å². The van der Waals surface area contributed by atoms with E-state index in [0.29, 0.717) is 45.6 Å². The molecule has 8 heteroatoms. The van der Waals surface area contributed by atoms with Crippen molar-refractivity contribution in [3.05, 3.63) is 140 Å². The van der Waals surface area contributed by atoms with E-state index in [0.717, 1.165) is 38.4 Å². The van der Waals surface area contributed by atoms with E-state index in [1.807, 2.05) is 120 Å². The van der Waals surface area contributed by atoms with E-state index in [9.17, 15) is 0 Å². The Morgan fingerprint density at radius 1 is 0.435 bits per heavy atom. The van der Waals surface area contributed by atoms with Gasteiger partial charge in [0.2, 0.25) is 0 Å². The maximum atomic E-state index is 6.28. The fourth-order valence-electron chi connectivity index (χ4n) is 5.99. The molecular formula is C38H23N5O2Pt. The second-order valence-corrected chi connectivity index (χ2v) is 10.7. The molecule has 0 unspecified atom stereocenters. The Labute approximate surface area is 277 Å². The molecule has 46 heavy (non-hydrogen) atoms. The van der Waals surface area contributed by atoms with Gasteiger partial charge in [-0.25, -0.2) is 9.97 Å². The Hall–Kier alpha value is -5.65. The predicted molar refractivity (Wildman–Crippen MR) is 178 cm³/mol. The average Bonchev–Trinajstić information content (AvgIpc) is 3.68. The van der Waals surface area contributed by atoms with Gasteiger partial charge in [-0.15, -0.1) is 0 Å². The van der Waals surface area contributed by atoms with Crippen LogP contribution >= 0.6 is 0 Å². The number of nitrogens with zero attached hydrogens (tertiary/aromatic N) is 5. The second-order valence-electron chi connectivity index (χ2n) is 10.7. The largest absolute Gasteiger partial charge is 0.454 e. The molecule has 3 aromatic carbocycles. The molecule has 7 nitrogen and oxygen atoms in total. The first-order valence-electron chi connectivity index (χ1n) is 14.6. The Morgan fingerprint density at radius 3 is 1.43 bits per heavy atom. The number of fused-ring (bicyclic) bond motifs is 6. The second kappa shape index (κ2) is 11.4. The molecule has 0 aliphatic carbocycles. The average molecular weight is 777 g/mol. The third-order valence-corrected chi connectivity index (χ3v) is 8.01. The minimum Gasteiger partial charge on any atom is -0.454 e. The van der Waals surface area contributed by atoms with E-state index in [1.165, 1.54) is 0 Å². The zero-order chi connectivity index (χ0) is 29.7. The van der Waals surface area contributed by atoms with Gasteiger partial charge in [-0.3, -0.25) is 14.9 Å². The number of rotatable bonds is 5. The van der Waals surface area contributed by atoms with Crippen molar-refractivity contribution < 1.29 is 29.9 Å². The molecule has 0 saturated heterocycles. The summed E-state index contributed by atoms with van der Waals surface area (Å²) in [6.45, 7) is 0. The van der Waals surface area contributed by atoms with Gasteiger partial charge < -0.3 is 8.83 Å². The SMILES string of the molecule is [Pt].c1ccc(N(c2cccc(-c3nccc4c3oc3ccccc34)n2)c2cccc(-c3nccc4c3oc3ccccc34)n2)cc1. The van der Waals surface area contributed by atoms with Crippen LogP contribution in [0.3, 0.4) is 0 Å². The van der Waals surface area contributed by atoms with Gasteiger partial charge in [0.25, 0.3) is 0 Å². The number of para-hydroxylation sites is 3. The summed E-state index contributed by atoms with van der Waals surface area (Å²) in [4.78, 5) is 21.7. The van der Waals surface area contributed by atoms with E-state index in [2.05, 4.69) is 12.1 Å². The van der Waals surface area contributed by atoms with Crippen LogP contribution in [0.25, 0.3) is 66.7 Å². The first-order chi connectivity index (χ1) is 22.3. The van der Waals surface area contributed by atoms with Crippen molar-refractivity contribution in [2.45, 2.75) is 0 Å². The third-order valence-electron chi connectivity index (χ3n) is 8.01. The number of hydrogen-bond acceptors (Lipinski definition) is 7. The first-order valence-corrected chi connectivity index (χ1v) is 14.6. The number of aromatic nitrogens is 4. The van der Waals surface area contributed by atoms with Gasteiger partial charge in [-0.1, -0.05) is 66.7 Å². The summed E-state index contributed by atoms with van der Waals surface area (Å²) in [5.41, 5.74) is 6.72. The molecule has 0 bridgehead atoms. The van der Waals surface area contributed by atoms with Crippen LogP contribution < -0.4 is 4.90 Å². The van der Waals surface area contributed by atoms with Crippen LogP contribution in [0.1, 0.15) is 0 Å². The van der Waals surface area contributed by atoms with Crippen LogP contribution in [0, 0.1) is 0 Å². The topological polar surface area (TPSA) is 81.1 Å². The molecule has 6 heterocycles. The van der Waals surface area contributed by atoms with E-state index in [1.54, 1.807) is 12.4 Å². The molecule has 0 aliphatic rings. The molecule has 0 saturated carbocycles. The van der Waals surface area contributed by atoms with Crippen molar-refractivity contribution in [1.29, 1.82) is 0 Å². The minimum atomic E-state index is 0. The number of benzene rings is 3. The van der Waals surface area contributed by atoms with Gasteiger partial charge in [-0.05, 0) is 60.7 Å². The molecule has 0 amide bonds. The van der Waals surface area contributed by atoms with Crippen LogP contribution in [-0.2, 0) is 21.1 Å². The van der Waals surface area contributed by atoms with Crippen LogP contribution in [0.5, 0.6) is 0 Å². The van der Waals surface area contributed by atoms with Gasteiger partial charge in [0.1, 0.15) is 34.2 Å². The molecule has 6 aromatic heterocycles. The third kappa shape index (κ3) is 4.56. The van der Waals surface area contributed by atoms with Gasteiger partial charge in [0.05, 0.1) is 11.4 Å². The molecule has 9 aromatic rings. The Bertz CT molecular complexity index is 2370. The van der Waals surface area contributed by atoms with E-state index in [4.69, 9.17) is 28.8 Å². The number of hydrogen-bond donors (Lipinski definition) is 0. The minimum absolute atomic E-state index is 0. The molecular weight excluding hydrogens is 754 g/mol. The normalized spacial score (nSPS) is 11.3. The quantitative estimate of drug-likeness (QED) is 0.172. The number of pyridine rings is 4. The summed E-state index contributed by atoms with van der Waals surface area (Å²) < 4.78 is 12.6. The van der Waals surface area contributed by atoms with Crippen LogP contribution in [-0.4, -0.2) is 19.9 Å². The standard InChI is InChI=1S/C38H23N5O2.Pt/c1-2-10-24(11-3-1)43(33-18-8-14-29(41-33)35-37-27(20-22-39-35)25-12-4-6-16-31(25)44-37)34-19-9-15-30(42-34)36-38-28(21-23-40-36)26-13-5-7-17-32(26)45-38;/h1-23H;. The molecule has 0 spiro atoms. The van der Waals surface area contributed by atoms with Crippen molar-refractivity contribution in [3.63, 3.8) is 0 Å². The summed E-state index contributed by atoms with van der Waals surface area (Å²) in [6.07, 6.45) is 3.61. The monoisotopic (exact) mass is 776 g/mol. The van der Waals surface area contributed by atoms with E-state index in [-0.39, 0.29) is 21.1 Å². The Kier molecular flexibility index (Phi) is 6.89. The summed E-state index contributed by atoms with van der Waals surface area (Å²) in [5, 5.41) is 4.10. The van der Waals surface area contributed by atoms with Crippen molar-refractivity contribution in [2.24, 2.45) is 0 Å². The zero-order valence-corrected chi connectivity index (χ0v) is 26.4. The van der Waals surface area contributed by atoms with Crippen LogP contribution in [0.15, 0.2) is 149 Å². The molecule has 9 rings (SSSR count). The van der Waals surface area contributed by atoms with Gasteiger partial charge in [-0.2, -0.15) is 0 Å². The van der Waals surface area contributed by atoms with Gasteiger partial charge in [0.15, 0.2) is 11.2 Å². The fourth-order valence-corrected chi connectivity index (χ4v) is 5.99. The van der Waals surface area contributed by atoms with Crippen molar-refractivity contribution >= 4 is 61.2 Å². The smallest absolute Gasteiger partial charge is 0.163 e. The maximum absolute atomic E-state index is 6.28. The van der Waals surface area contributed by atoms with E-state index < -0.39 is 0 Å². The summed E-state index contributed by atoms with van der Waals surface area (Å²) in [6, 6.07) is 41.9. The fraction of sp³-hybridized carbons (Fsp3) is 0. The molecule has 0 N–H and O–H groups in total. The van der Waals surface area contributed by atoms with Gasteiger partial charge in [0, 0.05) is 60.7 Å². The predicted octanol–water partition coefficient (Wildman–Crippen LogP) is 9.87. The van der Waals surface area contributed by atoms with Crippen molar-refractivity contribution in [1.82, 2.24) is 19.9 Å². The molecule has 0 fully saturated rings. The Balaban J connectivity index is 0.00000312. The molecule has 0 aliphatic heterocycles. The summed E-state index contributed by atoms with van der Waals surface area (Å²) in [7, 11) is 0. The number of furan rings is 2. The summed E-state index contributed by atoms with van der Waals surface area (Å²) in [5.74, 6) is 1.38. The van der Waals surface area contributed by atoms with Crippen molar-refractivity contribution in [3.8, 4) is 22.8 Å². The van der Waals surface area contributed by atoms with Crippen LogP contribution in [0.4, 0.5) is 17.3 Å². The summed E-state index contributed by atoms with van der Waals surface area (Å²) >= 11 is 0. The Morgan fingerprint density at radius 2 is 0.913 bits per heavy atom. The molecule has 0 atom stereocenters. The first kappa shape index (κ1) is 27.9. The van der Waals surface area contributed by atoms with Gasteiger partial charge >= 0.3 is 0 Å². The zero-order valence-electron chi connectivity index (χ0n) is 24.1.